The minimum absolute atomic E-state index is 0.228. The molecule has 4 nitrogen and oxygen atoms in total. The van der Waals surface area contributed by atoms with Crippen LogP contribution in [0.5, 0.6) is 0 Å². The number of hydrogen-bond acceptors (Lipinski definition) is 3. The minimum Gasteiger partial charge on any atom is -0.469 e. The average molecular weight is 245 g/mol. The minimum atomic E-state index is -0.228. The van der Waals surface area contributed by atoms with Crippen LogP contribution in [0.3, 0.4) is 0 Å². The second-order valence-corrected chi connectivity index (χ2v) is 3.83. The summed E-state index contributed by atoms with van der Waals surface area (Å²) in [6.07, 6.45) is 3.24. The maximum atomic E-state index is 11.6. The fraction of sp³-hybridized carbons (Fsp3) is 0.214. The van der Waals surface area contributed by atoms with Crippen LogP contribution in [-0.2, 0) is 11.3 Å². The van der Waals surface area contributed by atoms with Gasteiger partial charge in [-0.05, 0) is 30.7 Å². The topological polar surface area (TPSA) is 51.5 Å². The molecule has 1 amide bonds. The first kappa shape index (κ1) is 12.4. The van der Waals surface area contributed by atoms with Crippen LogP contribution in [0.1, 0.15) is 22.5 Å². The summed E-state index contributed by atoms with van der Waals surface area (Å²) < 4.78 is 5.19. The van der Waals surface area contributed by atoms with E-state index in [0.717, 1.165) is 18.6 Å². The molecule has 0 atom stereocenters. The van der Waals surface area contributed by atoms with Gasteiger partial charge in [0.15, 0.2) is 0 Å². The summed E-state index contributed by atoms with van der Waals surface area (Å²) >= 11 is 0. The highest BCUT2D eigenvalue weighted by atomic mass is 16.6. The molecule has 2 aromatic rings. The van der Waals surface area contributed by atoms with Gasteiger partial charge in [0.25, 0.3) is 5.91 Å². The zero-order chi connectivity index (χ0) is 12.6. The van der Waals surface area contributed by atoms with E-state index in [1.807, 2.05) is 30.3 Å². The SMILES string of the molecule is O=C(NOCCCc1ccco1)c1ccccc1. The van der Waals surface area contributed by atoms with Gasteiger partial charge in [-0.1, -0.05) is 18.2 Å². The van der Waals surface area contributed by atoms with Gasteiger partial charge in [-0.3, -0.25) is 9.63 Å². The molecule has 4 heteroatoms. The third-order valence-corrected chi connectivity index (χ3v) is 2.45. The zero-order valence-corrected chi connectivity index (χ0v) is 9.96. The second-order valence-electron chi connectivity index (χ2n) is 3.83. The highest BCUT2D eigenvalue weighted by Gasteiger charge is 2.03. The molecule has 18 heavy (non-hydrogen) atoms. The molecular formula is C14H15NO3. The van der Waals surface area contributed by atoms with Crippen LogP contribution in [-0.4, -0.2) is 12.5 Å². The number of carbonyl (C=O) groups is 1. The first-order valence-corrected chi connectivity index (χ1v) is 5.86. The van der Waals surface area contributed by atoms with Gasteiger partial charge in [-0.2, -0.15) is 0 Å². The van der Waals surface area contributed by atoms with Crippen LogP contribution in [0, 0.1) is 0 Å². The monoisotopic (exact) mass is 245 g/mol. The molecule has 0 unspecified atom stereocenters. The van der Waals surface area contributed by atoms with Crippen LogP contribution in [0.25, 0.3) is 0 Å². The van der Waals surface area contributed by atoms with E-state index in [-0.39, 0.29) is 5.91 Å². The summed E-state index contributed by atoms with van der Waals surface area (Å²) in [6, 6.07) is 12.7. The Hall–Kier alpha value is -2.07. The molecule has 0 bridgehead atoms. The summed E-state index contributed by atoms with van der Waals surface area (Å²) in [5, 5.41) is 0. The van der Waals surface area contributed by atoms with Crippen molar-refractivity contribution in [2.45, 2.75) is 12.8 Å². The smallest absolute Gasteiger partial charge is 0.274 e. The van der Waals surface area contributed by atoms with Crippen molar-refractivity contribution in [3.05, 3.63) is 60.1 Å². The average Bonchev–Trinajstić information content (AvgIpc) is 2.92. The van der Waals surface area contributed by atoms with E-state index in [9.17, 15) is 4.79 Å². The summed E-state index contributed by atoms with van der Waals surface area (Å²) in [6.45, 7) is 0.458. The molecule has 0 aliphatic heterocycles. The molecule has 2 rings (SSSR count). The second kappa shape index (κ2) is 6.61. The van der Waals surface area contributed by atoms with Gasteiger partial charge >= 0.3 is 0 Å². The quantitative estimate of drug-likeness (QED) is 0.628. The van der Waals surface area contributed by atoms with Gasteiger partial charge in [-0.25, -0.2) is 5.48 Å². The van der Waals surface area contributed by atoms with Crippen molar-refractivity contribution in [3.63, 3.8) is 0 Å². The van der Waals surface area contributed by atoms with Gasteiger partial charge < -0.3 is 4.42 Å². The number of benzene rings is 1. The summed E-state index contributed by atoms with van der Waals surface area (Å²) in [5.74, 6) is 0.696. The highest BCUT2D eigenvalue weighted by molar-refractivity contribution is 5.93. The van der Waals surface area contributed by atoms with Gasteiger partial charge in [-0.15, -0.1) is 0 Å². The summed E-state index contributed by atoms with van der Waals surface area (Å²) in [4.78, 5) is 16.7. The van der Waals surface area contributed by atoms with Gasteiger partial charge in [0.1, 0.15) is 5.76 Å². The molecule has 0 radical (unpaired) electrons. The third kappa shape index (κ3) is 3.75. The maximum Gasteiger partial charge on any atom is 0.274 e. The zero-order valence-electron chi connectivity index (χ0n) is 9.96. The fourth-order valence-electron chi connectivity index (χ4n) is 1.54. The van der Waals surface area contributed by atoms with Crippen LogP contribution in [0.15, 0.2) is 53.1 Å². The van der Waals surface area contributed by atoms with Crippen LogP contribution in [0.4, 0.5) is 0 Å². The van der Waals surface area contributed by atoms with Crippen LogP contribution in [0.2, 0.25) is 0 Å². The lowest BCUT2D eigenvalue weighted by Gasteiger charge is -2.05. The van der Waals surface area contributed by atoms with Crippen molar-refractivity contribution in [3.8, 4) is 0 Å². The first-order valence-electron chi connectivity index (χ1n) is 5.86. The Morgan fingerprint density at radius 3 is 2.72 bits per heavy atom. The molecule has 0 aliphatic carbocycles. The standard InChI is InChI=1S/C14H15NO3/c16-14(12-6-2-1-3-7-12)15-18-11-5-9-13-8-4-10-17-13/h1-4,6-8,10H,5,9,11H2,(H,15,16). The highest BCUT2D eigenvalue weighted by Crippen LogP contribution is 2.03. The van der Waals surface area contributed by atoms with Crippen LogP contribution < -0.4 is 5.48 Å². The Morgan fingerprint density at radius 1 is 1.17 bits per heavy atom. The number of hydroxylamine groups is 1. The molecule has 0 saturated carbocycles. The molecule has 1 heterocycles. The van der Waals surface area contributed by atoms with E-state index >= 15 is 0 Å². The fourth-order valence-corrected chi connectivity index (χ4v) is 1.54. The number of rotatable bonds is 6. The number of hydrogen-bond donors (Lipinski definition) is 1. The lowest BCUT2D eigenvalue weighted by atomic mass is 10.2. The lowest BCUT2D eigenvalue weighted by Crippen LogP contribution is -2.24. The van der Waals surface area contributed by atoms with Crippen molar-refractivity contribution in [1.29, 1.82) is 0 Å². The predicted molar refractivity (Wildman–Crippen MR) is 66.9 cm³/mol. The Kier molecular flexibility index (Phi) is 4.55. The molecule has 0 aliphatic rings. The number of amides is 1. The van der Waals surface area contributed by atoms with Gasteiger partial charge in [0.2, 0.25) is 0 Å². The summed E-state index contributed by atoms with van der Waals surface area (Å²) in [5.41, 5.74) is 3.00. The van der Waals surface area contributed by atoms with Crippen LogP contribution >= 0.6 is 0 Å². The van der Waals surface area contributed by atoms with E-state index in [4.69, 9.17) is 9.25 Å². The Balaban J connectivity index is 1.62. The van der Waals surface area contributed by atoms with E-state index in [2.05, 4.69) is 5.48 Å². The molecule has 94 valence electrons. The molecule has 0 fully saturated rings. The number of nitrogens with one attached hydrogen (secondary N) is 1. The van der Waals surface area contributed by atoms with E-state index in [0.29, 0.717) is 12.2 Å². The van der Waals surface area contributed by atoms with Crippen molar-refractivity contribution in [1.82, 2.24) is 5.48 Å². The van der Waals surface area contributed by atoms with E-state index < -0.39 is 0 Å². The third-order valence-electron chi connectivity index (χ3n) is 2.45. The molecule has 1 aromatic carbocycles. The lowest BCUT2D eigenvalue weighted by molar-refractivity contribution is 0.0301. The predicted octanol–water partition coefficient (Wildman–Crippen LogP) is 2.57. The number of aryl methyl sites for hydroxylation is 1. The first-order chi connectivity index (χ1) is 8.86. The maximum absolute atomic E-state index is 11.6. The molecular weight excluding hydrogens is 230 g/mol. The normalized spacial score (nSPS) is 10.2. The Morgan fingerprint density at radius 2 is 2.00 bits per heavy atom. The van der Waals surface area contributed by atoms with Crippen molar-refractivity contribution in [2.75, 3.05) is 6.61 Å². The molecule has 0 spiro atoms. The largest absolute Gasteiger partial charge is 0.469 e. The Bertz CT molecular complexity index is 465. The molecule has 1 N–H and O–H groups in total. The number of furan rings is 1. The van der Waals surface area contributed by atoms with Crippen molar-refractivity contribution in [2.24, 2.45) is 0 Å². The van der Waals surface area contributed by atoms with E-state index in [1.165, 1.54) is 0 Å². The van der Waals surface area contributed by atoms with E-state index in [1.54, 1.807) is 18.4 Å². The summed E-state index contributed by atoms with van der Waals surface area (Å²) in [7, 11) is 0. The Labute approximate surface area is 106 Å². The van der Waals surface area contributed by atoms with Gasteiger partial charge in [0.05, 0.1) is 12.9 Å². The molecule has 0 saturated heterocycles. The van der Waals surface area contributed by atoms with Crippen molar-refractivity contribution >= 4 is 5.91 Å². The van der Waals surface area contributed by atoms with Gasteiger partial charge in [0, 0.05) is 12.0 Å². The molecule has 1 aromatic heterocycles. The van der Waals surface area contributed by atoms with Crippen molar-refractivity contribution < 1.29 is 14.0 Å². The number of carbonyl (C=O) groups excluding carboxylic acids is 1.